The van der Waals surface area contributed by atoms with Crippen LogP contribution in [0.15, 0.2) is 60.7 Å². The molecular weight excluding hydrogens is 440 g/mol. The number of fused-ring (bicyclic) bond motifs is 2. The lowest BCUT2D eigenvalue weighted by atomic mass is 9.87. The molecule has 6 nitrogen and oxygen atoms in total. The van der Waals surface area contributed by atoms with Gasteiger partial charge in [-0.05, 0) is 51.6 Å². The van der Waals surface area contributed by atoms with Gasteiger partial charge in [0.1, 0.15) is 36.3 Å². The zero-order valence-electron chi connectivity index (χ0n) is 18.1. The van der Waals surface area contributed by atoms with Gasteiger partial charge < -0.3 is 29.9 Å². The van der Waals surface area contributed by atoms with E-state index in [0.29, 0.717) is 6.42 Å². The lowest BCUT2D eigenvalue weighted by Gasteiger charge is -2.40. The summed E-state index contributed by atoms with van der Waals surface area (Å²) in [6.07, 6.45) is -5.26. The van der Waals surface area contributed by atoms with Crippen LogP contribution in [0.2, 0.25) is 0 Å². The van der Waals surface area contributed by atoms with Crippen molar-refractivity contribution in [2.45, 2.75) is 36.9 Å². The number of aliphatic hydroxyl groups is 4. The first-order valence-corrected chi connectivity index (χ1v) is 11.7. The second-order valence-electron chi connectivity index (χ2n) is 8.45. The van der Waals surface area contributed by atoms with Crippen molar-refractivity contribution in [3.05, 3.63) is 76.7 Å². The smallest absolute Gasteiger partial charge is 0.119 e. The molecule has 4 aromatic rings. The Labute approximate surface area is 195 Å². The first-order valence-electron chi connectivity index (χ1n) is 10.9. The molecule has 1 aromatic heterocycles. The van der Waals surface area contributed by atoms with Crippen molar-refractivity contribution < 1.29 is 29.9 Å². The summed E-state index contributed by atoms with van der Waals surface area (Å²) in [5.74, 6) is 0.822. The van der Waals surface area contributed by atoms with Crippen molar-refractivity contribution in [1.82, 2.24) is 0 Å². The fraction of sp³-hybridized carbons (Fsp3) is 0.308. The number of methoxy groups -OCH3 is 1. The van der Waals surface area contributed by atoms with Crippen LogP contribution < -0.4 is 4.74 Å². The molecule has 1 aliphatic rings. The number of hydrogen-bond acceptors (Lipinski definition) is 7. The quantitative estimate of drug-likeness (QED) is 0.361. The maximum atomic E-state index is 10.7. The van der Waals surface area contributed by atoms with E-state index in [0.717, 1.165) is 33.0 Å². The van der Waals surface area contributed by atoms with Gasteiger partial charge in [0.2, 0.25) is 0 Å². The SMILES string of the molecule is COc1ccc2sc(Cc3cc([C@@H]4O[C@H](CO)[C@@H](O)[C@@H](O)[C@H]4O)c4ccccc4c3)cc2c1. The highest BCUT2D eigenvalue weighted by Crippen LogP contribution is 2.38. The summed E-state index contributed by atoms with van der Waals surface area (Å²) in [7, 11) is 1.66. The number of benzene rings is 3. The Balaban J connectivity index is 1.55. The van der Waals surface area contributed by atoms with Crippen molar-refractivity contribution in [2.75, 3.05) is 13.7 Å². The Bertz CT molecular complexity index is 1280. The van der Waals surface area contributed by atoms with Gasteiger partial charge in [0.25, 0.3) is 0 Å². The molecule has 172 valence electrons. The van der Waals surface area contributed by atoms with Crippen LogP contribution in [0, 0.1) is 0 Å². The minimum Gasteiger partial charge on any atom is -0.497 e. The van der Waals surface area contributed by atoms with Gasteiger partial charge in [-0.3, -0.25) is 0 Å². The zero-order chi connectivity index (χ0) is 23.1. The third kappa shape index (κ3) is 4.12. The van der Waals surface area contributed by atoms with Gasteiger partial charge in [-0.1, -0.05) is 36.4 Å². The largest absolute Gasteiger partial charge is 0.497 e. The van der Waals surface area contributed by atoms with Gasteiger partial charge in [-0.2, -0.15) is 0 Å². The van der Waals surface area contributed by atoms with Crippen LogP contribution in [0.1, 0.15) is 22.1 Å². The van der Waals surface area contributed by atoms with Gasteiger partial charge in [0.15, 0.2) is 0 Å². The van der Waals surface area contributed by atoms with Crippen LogP contribution in [-0.4, -0.2) is 58.6 Å². The summed E-state index contributed by atoms with van der Waals surface area (Å²) in [6, 6.07) is 20.1. The maximum absolute atomic E-state index is 10.7. The summed E-state index contributed by atoms with van der Waals surface area (Å²) in [5.41, 5.74) is 1.77. The summed E-state index contributed by atoms with van der Waals surface area (Å²) in [5, 5.41) is 43.9. The van der Waals surface area contributed by atoms with E-state index in [1.54, 1.807) is 18.4 Å². The second kappa shape index (κ2) is 9.02. The molecule has 5 atom stereocenters. The highest BCUT2D eigenvalue weighted by molar-refractivity contribution is 7.19. The van der Waals surface area contributed by atoms with Crippen LogP contribution in [0.25, 0.3) is 20.9 Å². The third-order valence-electron chi connectivity index (χ3n) is 6.31. The minimum absolute atomic E-state index is 0.454. The average molecular weight is 467 g/mol. The molecule has 0 unspecified atom stereocenters. The van der Waals surface area contributed by atoms with Crippen molar-refractivity contribution in [3.8, 4) is 5.75 Å². The third-order valence-corrected chi connectivity index (χ3v) is 7.42. The van der Waals surface area contributed by atoms with Crippen LogP contribution in [-0.2, 0) is 11.2 Å². The first kappa shape index (κ1) is 22.3. The van der Waals surface area contributed by atoms with Crippen LogP contribution in [0.3, 0.4) is 0 Å². The Morgan fingerprint density at radius 1 is 0.909 bits per heavy atom. The molecule has 0 aliphatic carbocycles. The number of ether oxygens (including phenoxy) is 2. The molecular formula is C26H26O6S. The lowest BCUT2D eigenvalue weighted by Crippen LogP contribution is -2.55. The molecule has 1 fully saturated rings. The average Bonchev–Trinajstić information content (AvgIpc) is 3.23. The van der Waals surface area contributed by atoms with E-state index in [4.69, 9.17) is 9.47 Å². The molecule has 5 rings (SSSR count). The zero-order valence-corrected chi connectivity index (χ0v) is 18.9. The molecule has 7 heteroatoms. The molecule has 33 heavy (non-hydrogen) atoms. The highest BCUT2D eigenvalue weighted by atomic mass is 32.1. The van der Waals surface area contributed by atoms with E-state index >= 15 is 0 Å². The van der Waals surface area contributed by atoms with Crippen molar-refractivity contribution in [1.29, 1.82) is 0 Å². The molecule has 1 aliphatic heterocycles. The molecule has 0 bridgehead atoms. The van der Waals surface area contributed by atoms with Crippen LogP contribution >= 0.6 is 11.3 Å². The van der Waals surface area contributed by atoms with Crippen molar-refractivity contribution >= 4 is 32.2 Å². The van der Waals surface area contributed by atoms with Crippen molar-refractivity contribution in [3.63, 3.8) is 0 Å². The van der Waals surface area contributed by atoms with E-state index in [2.05, 4.69) is 18.2 Å². The topological polar surface area (TPSA) is 99.4 Å². The summed E-state index contributed by atoms with van der Waals surface area (Å²) in [4.78, 5) is 1.19. The summed E-state index contributed by atoms with van der Waals surface area (Å²) in [6.45, 7) is -0.454. The lowest BCUT2D eigenvalue weighted by molar-refractivity contribution is -0.231. The van der Waals surface area contributed by atoms with Crippen molar-refractivity contribution in [2.24, 2.45) is 0 Å². The Hall–Kier alpha value is -2.52. The summed E-state index contributed by atoms with van der Waals surface area (Å²) >= 11 is 1.72. The fourth-order valence-corrected chi connectivity index (χ4v) is 5.67. The molecule has 0 saturated carbocycles. The molecule has 0 amide bonds. The predicted molar refractivity (Wildman–Crippen MR) is 128 cm³/mol. The molecule has 4 N–H and O–H groups in total. The van der Waals surface area contributed by atoms with E-state index in [1.807, 2.05) is 42.5 Å². The van der Waals surface area contributed by atoms with Gasteiger partial charge >= 0.3 is 0 Å². The minimum atomic E-state index is -1.42. The molecule has 2 heterocycles. The predicted octanol–water partition coefficient (Wildman–Crippen LogP) is 3.17. The first-order chi connectivity index (χ1) is 16.0. The maximum Gasteiger partial charge on any atom is 0.119 e. The molecule has 1 saturated heterocycles. The van der Waals surface area contributed by atoms with Gasteiger partial charge in [0, 0.05) is 16.0 Å². The Kier molecular flexibility index (Phi) is 6.09. The highest BCUT2D eigenvalue weighted by Gasteiger charge is 2.44. The number of thiophene rings is 1. The monoisotopic (exact) mass is 466 g/mol. The fourth-order valence-electron chi connectivity index (χ4n) is 4.59. The molecule has 0 spiro atoms. The Morgan fingerprint density at radius 3 is 2.52 bits per heavy atom. The Morgan fingerprint density at radius 2 is 1.73 bits per heavy atom. The summed E-state index contributed by atoms with van der Waals surface area (Å²) < 4.78 is 12.4. The molecule has 0 radical (unpaired) electrons. The van der Waals surface area contributed by atoms with Gasteiger partial charge in [-0.15, -0.1) is 11.3 Å². The van der Waals surface area contributed by atoms with E-state index in [-0.39, 0.29) is 0 Å². The number of aliphatic hydroxyl groups excluding tert-OH is 4. The van der Waals surface area contributed by atoms with E-state index in [9.17, 15) is 20.4 Å². The normalized spacial score (nSPS) is 25.5. The second-order valence-corrected chi connectivity index (χ2v) is 9.62. The van der Waals surface area contributed by atoms with Crippen LogP contribution in [0.4, 0.5) is 0 Å². The standard InChI is InChI=1S/C26H26O6S/c1-31-17-6-7-22-16(11-17)12-18(33-22)9-14-8-15-4-2-3-5-19(15)20(10-14)26-25(30)24(29)23(28)21(13-27)32-26/h2-8,10-12,21,23-30H,9,13H2,1H3/t21-,23-,24-,25-,26+/m1/s1. The number of rotatable bonds is 5. The van der Waals surface area contributed by atoms with E-state index in [1.165, 1.54) is 9.58 Å². The van der Waals surface area contributed by atoms with Gasteiger partial charge in [0.05, 0.1) is 13.7 Å². The van der Waals surface area contributed by atoms with Gasteiger partial charge in [-0.25, -0.2) is 0 Å². The molecule has 3 aromatic carbocycles. The van der Waals surface area contributed by atoms with E-state index < -0.39 is 37.1 Å². The van der Waals surface area contributed by atoms with Crippen LogP contribution in [0.5, 0.6) is 5.75 Å². The number of hydrogen-bond donors (Lipinski definition) is 4.